The van der Waals surface area contributed by atoms with E-state index in [0.717, 1.165) is 11.1 Å². The summed E-state index contributed by atoms with van der Waals surface area (Å²) in [5, 5.41) is 4.66. The fraction of sp³-hybridized carbons (Fsp3) is 0.333. The molecule has 2 aromatic carbocycles. The van der Waals surface area contributed by atoms with Crippen LogP contribution < -0.4 is 45.0 Å². The van der Waals surface area contributed by atoms with Crippen LogP contribution in [0.5, 0.6) is 0 Å². The first-order chi connectivity index (χ1) is 23.0. The Labute approximate surface area is 304 Å². The number of fused-ring (bicyclic) bond motifs is 1. The zero-order valence-electron chi connectivity index (χ0n) is 27.0. The smallest absolute Gasteiger partial charge is 0.408 e. The first kappa shape index (κ1) is 37.2. The summed E-state index contributed by atoms with van der Waals surface area (Å²) in [7, 11) is 0. The molecule has 3 heterocycles. The largest absolute Gasteiger partial charge is 1.00 e. The Hall–Kier alpha value is -4.58. The molecule has 1 saturated heterocycles. The SMILES string of the molecule is CC(C)(C)OC(=O)N[C@@H]1C(=O)N2C(C(=O)OC(c3ccccc3)c3ccccc3)=C(C[n+]3ccc(NC=O)n3CCOC(N)=O)CS[C@H]12.[I-]. The molecular weight excluding hydrogens is 767 g/mol. The van der Waals surface area contributed by atoms with Crippen molar-refractivity contribution in [2.24, 2.45) is 5.73 Å². The van der Waals surface area contributed by atoms with Crippen LogP contribution in [0.15, 0.2) is 84.2 Å². The second kappa shape index (κ2) is 16.2. The molecule has 1 aromatic heterocycles. The quantitative estimate of drug-likeness (QED) is 0.0562. The second-order valence-electron chi connectivity index (χ2n) is 11.9. The van der Waals surface area contributed by atoms with Gasteiger partial charge in [0.05, 0.1) is 6.07 Å². The molecule has 0 aliphatic carbocycles. The summed E-state index contributed by atoms with van der Waals surface area (Å²) in [5.41, 5.74) is 6.45. The lowest BCUT2D eigenvalue weighted by Crippen LogP contribution is -3.00. The molecule has 2 atom stereocenters. The highest BCUT2D eigenvalue weighted by molar-refractivity contribution is 8.00. The fourth-order valence-corrected chi connectivity index (χ4v) is 6.77. The minimum absolute atomic E-state index is 0. The van der Waals surface area contributed by atoms with E-state index in [-0.39, 0.29) is 49.4 Å². The summed E-state index contributed by atoms with van der Waals surface area (Å²) in [6, 6.07) is 19.3. The van der Waals surface area contributed by atoms with Gasteiger partial charge in [0.2, 0.25) is 6.41 Å². The molecule has 260 valence electrons. The number of aromatic nitrogens is 2. The van der Waals surface area contributed by atoms with E-state index in [0.29, 0.717) is 23.6 Å². The number of ether oxygens (including phenoxy) is 3. The Morgan fingerprint density at radius 1 is 1.06 bits per heavy atom. The molecule has 4 amide bonds. The minimum Gasteiger partial charge on any atom is -1.00 e. The number of alkyl carbamates (subject to hydrolysis) is 1. The lowest BCUT2D eigenvalue weighted by Gasteiger charge is -2.49. The van der Waals surface area contributed by atoms with Crippen molar-refractivity contribution in [1.29, 1.82) is 0 Å². The number of thioether (sulfide) groups is 1. The highest BCUT2D eigenvalue weighted by Gasteiger charge is 2.55. The number of benzene rings is 2. The molecule has 5 rings (SSSR count). The number of esters is 1. The molecule has 14 nitrogen and oxygen atoms in total. The number of primary amides is 1. The normalized spacial score (nSPS) is 16.9. The van der Waals surface area contributed by atoms with Crippen LogP contribution in [-0.2, 0) is 41.7 Å². The number of carbonyl (C=O) groups is 5. The molecule has 4 N–H and O–H groups in total. The van der Waals surface area contributed by atoms with Gasteiger partial charge in [-0.05, 0) is 31.9 Å². The lowest BCUT2D eigenvalue weighted by molar-refractivity contribution is -0.767. The number of nitrogens with two attached hydrogens (primary N) is 1. The van der Waals surface area contributed by atoms with Crippen LogP contribution in [0.3, 0.4) is 0 Å². The summed E-state index contributed by atoms with van der Waals surface area (Å²) in [4.78, 5) is 64.4. The maximum atomic E-state index is 14.3. The van der Waals surface area contributed by atoms with Crippen molar-refractivity contribution in [3.63, 3.8) is 0 Å². The Bertz CT molecular complexity index is 1670. The monoisotopic (exact) mass is 804 g/mol. The van der Waals surface area contributed by atoms with Crippen LogP contribution in [0.2, 0.25) is 0 Å². The summed E-state index contributed by atoms with van der Waals surface area (Å²) >= 11 is 1.38. The van der Waals surface area contributed by atoms with Crippen LogP contribution in [0.25, 0.3) is 0 Å². The van der Waals surface area contributed by atoms with Crippen molar-refractivity contribution in [3.8, 4) is 0 Å². The summed E-state index contributed by atoms with van der Waals surface area (Å²) < 4.78 is 19.9. The van der Waals surface area contributed by atoms with E-state index in [4.69, 9.17) is 19.9 Å². The molecule has 16 heteroatoms. The molecule has 3 aromatic rings. The number of hydrogen-bond donors (Lipinski definition) is 3. The van der Waals surface area contributed by atoms with Crippen LogP contribution in [0.4, 0.5) is 15.4 Å². The van der Waals surface area contributed by atoms with E-state index >= 15 is 0 Å². The van der Waals surface area contributed by atoms with Gasteiger partial charge in [-0.15, -0.1) is 21.1 Å². The van der Waals surface area contributed by atoms with Crippen molar-refractivity contribution < 1.29 is 66.8 Å². The number of anilines is 1. The van der Waals surface area contributed by atoms with Crippen LogP contribution in [0.1, 0.15) is 38.0 Å². The number of halogens is 1. The van der Waals surface area contributed by atoms with Gasteiger partial charge in [-0.25, -0.2) is 14.4 Å². The Kier molecular flexibility index (Phi) is 12.3. The molecule has 0 radical (unpaired) electrons. The van der Waals surface area contributed by atoms with Gasteiger partial charge in [-0.3, -0.25) is 14.5 Å². The van der Waals surface area contributed by atoms with E-state index in [2.05, 4.69) is 10.6 Å². The predicted octanol–water partition coefficient (Wildman–Crippen LogP) is -0.161. The van der Waals surface area contributed by atoms with E-state index < -0.39 is 47.2 Å². The van der Waals surface area contributed by atoms with E-state index in [1.807, 2.05) is 60.7 Å². The molecule has 2 aliphatic rings. The average Bonchev–Trinajstić information content (AvgIpc) is 3.42. The molecule has 0 unspecified atom stereocenters. The Morgan fingerprint density at radius 3 is 2.27 bits per heavy atom. The van der Waals surface area contributed by atoms with Crippen molar-refractivity contribution in [2.45, 2.75) is 57.0 Å². The van der Waals surface area contributed by atoms with Gasteiger partial charge in [0.25, 0.3) is 5.91 Å². The van der Waals surface area contributed by atoms with Gasteiger partial charge in [-0.2, -0.15) is 0 Å². The van der Waals surface area contributed by atoms with Crippen LogP contribution >= 0.6 is 11.8 Å². The first-order valence-electron chi connectivity index (χ1n) is 15.2. The topological polar surface area (TPSA) is 175 Å². The number of nitrogens with one attached hydrogen (secondary N) is 2. The number of β-lactam (4-membered cyclic amide) rings is 1. The van der Waals surface area contributed by atoms with Crippen molar-refractivity contribution >= 4 is 48.1 Å². The number of rotatable bonds is 12. The van der Waals surface area contributed by atoms with Crippen LogP contribution in [0, 0.1) is 0 Å². The van der Waals surface area contributed by atoms with Gasteiger partial charge in [-0.1, -0.05) is 60.7 Å². The fourth-order valence-electron chi connectivity index (χ4n) is 5.43. The van der Waals surface area contributed by atoms with E-state index in [9.17, 15) is 24.0 Å². The summed E-state index contributed by atoms with van der Waals surface area (Å²) in [6.07, 6.45) is -0.268. The number of carbonyl (C=O) groups excluding carboxylic acids is 5. The maximum Gasteiger partial charge on any atom is 0.408 e. The van der Waals surface area contributed by atoms with E-state index in [1.54, 1.807) is 42.4 Å². The van der Waals surface area contributed by atoms with Gasteiger partial charge < -0.3 is 54.6 Å². The second-order valence-corrected chi connectivity index (χ2v) is 13.0. The third kappa shape index (κ3) is 8.91. The number of nitrogens with zero attached hydrogens (tertiary/aromatic N) is 3. The molecule has 49 heavy (non-hydrogen) atoms. The lowest BCUT2D eigenvalue weighted by atomic mass is 10.0. The molecule has 1 fully saturated rings. The zero-order valence-corrected chi connectivity index (χ0v) is 30.0. The number of hydrogen-bond acceptors (Lipinski definition) is 9. The first-order valence-corrected chi connectivity index (χ1v) is 16.2. The van der Waals surface area contributed by atoms with Crippen LogP contribution in [-0.4, -0.2) is 69.4 Å². The summed E-state index contributed by atoms with van der Waals surface area (Å²) in [6.45, 7) is 5.32. The molecule has 0 bridgehead atoms. The maximum absolute atomic E-state index is 14.3. The van der Waals surface area contributed by atoms with Gasteiger partial charge in [0, 0.05) is 11.3 Å². The molecule has 2 aliphatic heterocycles. The third-order valence-corrected chi connectivity index (χ3v) is 8.78. The minimum atomic E-state index is -0.946. The average molecular weight is 805 g/mol. The third-order valence-electron chi connectivity index (χ3n) is 7.44. The highest BCUT2D eigenvalue weighted by Crippen LogP contribution is 2.42. The van der Waals surface area contributed by atoms with Crippen molar-refractivity contribution in [2.75, 3.05) is 17.7 Å². The van der Waals surface area contributed by atoms with E-state index in [1.165, 1.54) is 16.7 Å². The van der Waals surface area contributed by atoms with Gasteiger partial charge >= 0.3 is 18.2 Å². The van der Waals surface area contributed by atoms with Crippen molar-refractivity contribution in [3.05, 3.63) is 95.3 Å². The van der Waals surface area contributed by atoms with Gasteiger partial charge in [0.1, 0.15) is 35.9 Å². The predicted molar refractivity (Wildman–Crippen MR) is 174 cm³/mol. The number of amides is 4. The molecule has 0 saturated carbocycles. The Balaban J connectivity index is 0.00000541. The van der Waals surface area contributed by atoms with Gasteiger partial charge in [0.15, 0.2) is 24.7 Å². The Morgan fingerprint density at radius 2 is 1.69 bits per heavy atom. The zero-order chi connectivity index (χ0) is 34.4. The highest BCUT2D eigenvalue weighted by atomic mass is 127. The summed E-state index contributed by atoms with van der Waals surface area (Å²) in [5.74, 6) is -0.505. The molecular formula is C33H37IN6O8S. The standard InChI is InChI=1S/C33H36N6O8S.HI/c1-33(2,3)47-32(44)36-25-28(41)39-26(30(42)46-27(21-10-6-4-7-11-21)22-12-8-5-9-13-22)23(19-48-29(25)39)18-37-15-14-24(35-20-40)38(37)16-17-45-31(34)43;/h4-15,20,25,27,29H,16-19H2,1-3H3,(H3,34,36,43,44);1H/t25-,29-;/m1./s1. The molecule has 0 spiro atoms. The van der Waals surface area contributed by atoms with Crippen molar-refractivity contribution in [1.82, 2.24) is 14.9 Å².